The van der Waals surface area contributed by atoms with Crippen LogP contribution in [0, 0.1) is 0 Å². The Hall–Kier alpha value is -2.17. The van der Waals surface area contributed by atoms with Gasteiger partial charge in [-0.3, -0.25) is 5.32 Å². The largest absolute Gasteiger partial charge is 0.468 e. The molecule has 1 unspecified atom stereocenters. The first kappa shape index (κ1) is 15.7. The number of hydrogen-bond acceptors (Lipinski definition) is 4. The molecule has 0 aliphatic carbocycles. The van der Waals surface area contributed by atoms with Gasteiger partial charge in [-0.2, -0.15) is 0 Å². The molecule has 3 rings (SSSR count). The summed E-state index contributed by atoms with van der Waals surface area (Å²) in [7, 11) is 1.42. The van der Waals surface area contributed by atoms with Crippen molar-refractivity contribution in [3.63, 3.8) is 0 Å². The van der Waals surface area contributed by atoms with E-state index < -0.39 is 6.04 Å². The Morgan fingerprint density at radius 2 is 2.09 bits per heavy atom. The second-order valence-corrected chi connectivity index (χ2v) is 5.65. The molecule has 4 heteroatoms. The van der Waals surface area contributed by atoms with Gasteiger partial charge in [0.05, 0.1) is 20.3 Å². The zero-order valence-electron chi connectivity index (χ0n) is 13.2. The molecule has 0 amide bonds. The molecular formula is C19H21NO3. The molecule has 2 aromatic rings. The minimum absolute atomic E-state index is 0.280. The van der Waals surface area contributed by atoms with Gasteiger partial charge in [0, 0.05) is 6.54 Å². The number of ether oxygens (including phenoxy) is 2. The Morgan fingerprint density at radius 3 is 2.83 bits per heavy atom. The van der Waals surface area contributed by atoms with Crippen LogP contribution < -0.4 is 5.32 Å². The number of nitrogens with one attached hydrogen (secondary N) is 1. The highest BCUT2D eigenvalue weighted by molar-refractivity contribution is 5.85. The van der Waals surface area contributed by atoms with E-state index in [9.17, 15) is 4.79 Å². The summed E-state index contributed by atoms with van der Waals surface area (Å²) >= 11 is 0. The van der Waals surface area contributed by atoms with Gasteiger partial charge in [-0.05, 0) is 34.4 Å². The summed E-state index contributed by atoms with van der Waals surface area (Å²) in [6.07, 6.45) is 3.10. The third-order valence-electron chi connectivity index (χ3n) is 4.06. The Balaban J connectivity index is 1.81. The van der Waals surface area contributed by atoms with Crippen LogP contribution in [0.3, 0.4) is 0 Å². The first-order chi connectivity index (χ1) is 11.3. The lowest BCUT2D eigenvalue weighted by Gasteiger charge is -2.20. The minimum Gasteiger partial charge on any atom is -0.468 e. The van der Waals surface area contributed by atoms with Crippen molar-refractivity contribution < 1.29 is 14.3 Å². The standard InChI is InChI=1S/C19H21NO3/c1-22-19(21)18(20-12-14-5-4-10-23-13-14)17-9-8-15-6-2-3-7-16(15)11-17/h2-3,5-9,11,18,20H,4,10,12-13H2,1H3. The fourth-order valence-corrected chi connectivity index (χ4v) is 2.81. The number of fused-ring (bicyclic) bond motifs is 1. The van der Waals surface area contributed by atoms with Crippen molar-refractivity contribution in [1.29, 1.82) is 0 Å². The van der Waals surface area contributed by atoms with Crippen molar-refractivity contribution in [2.24, 2.45) is 0 Å². The highest BCUT2D eigenvalue weighted by Gasteiger charge is 2.21. The lowest BCUT2D eigenvalue weighted by molar-refractivity contribution is -0.143. The van der Waals surface area contributed by atoms with Gasteiger partial charge in [0.2, 0.25) is 0 Å². The zero-order valence-corrected chi connectivity index (χ0v) is 13.2. The minimum atomic E-state index is -0.479. The van der Waals surface area contributed by atoms with Crippen LogP contribution in [0.2, 0.25) is 0 Å². The SMILES string of the molecule is COC(=O)C(NCC1=CCCOC1)c1ccc2ccccc2c1. The number of carbonyl (C=O) groups is 1. The molecule has 4 nitrogen and oxygen atoms in total. The Morgan fingerprint density at radius 1 is 1.26 bits per heavy atom. The first-order valence-corrected chi connectivity index (χ1v) is 7.83. The molecular weight excluding hydrogens is 290 g/mol. The molecule has 1 aliphatic rings. The van der Waals surface area contributed by atoms with E-state index in [1.54, 1.807) is 0 Å². The van der Waals surface area contributed by atoms with E-state index in [1.165, 1.54) is 12.7 Å². The molecule has 0 saturated carbocycles. The molecule has 0 aromatic heterocycles. The van der Waals surface area contributed by atoms with Gasteiger partial charge in [-0.25, -0.2) is 4.79 Å². The maximum Gasteiger partial charge on any atom is 0.327 e. The van der Waals surface area contributed by atoms with Crippen molar-refractivity contribution in [3.05, 3.63) is 59.7 Å². The highest BCUT2D eigenvalue weighted by atomic mass is 16.5. The summed E-state index contributed by atoms with van der Waals surface area (Å²) in [5.41, 5.74) is 2.08. The van der Waals surface area contributed by atoms with Crippen LogP contribution in [0.4, 0.5) is 0 Å². The van der Waals surface area contributed by atoms with Crippen molar-refractivity contribution >= 4 is 16.7 Å². The summed E-state index contributed by atoms with van der Waals surface area (Å²) in [6.45, 7) is 2.01. The van der Waals surface area contributed by atoms with Crippen molar-refractivity contribution in [1.82, 2.24) is 5.32 Å². The fourth-order valence-electron chi connectivity index (χ4n) is 2.81. The van der Waals surface area contributed by atoms with E-state index in [1.807, 2.05) is 36.4 Å². The number of esters is 1. The summed E-state index contributed by atoms with van der Waals surface area (Å²) in [6, 6.07) is 13.7. The molecule has 1 aliphatic heterocycles. The van der Waals surface area contributed by atoms with Crippen LogP contribution in [0.25, 0.3) is 10.8 Å². The van der Waals surface area contributed by atoms with Crippen LogP contribution in [0.15, 0.2) is 54.1 Å². The molecule has 1 N–H and O–H groups in total. The zero-order chi connectivity index (χ0) is 16.1. The molecule has 120 valence electrons. The second-order valence-electron chi connectivity index (χ2n) is 5.65. The van der Waals surface area contributed by atoms with Gasteiger partial charge < -0.3 is 9.47 Å². The molecule has 0 bridgehead atoms. The van der Waals surface area contributed by atoms with Gasteiger partial charge in [0.25, 0.3) is 0 Å². The normalized spacial score (nSPS) is 16.0. The molecule has 1 atom stereocenters. The molecule has 2 aromatic carbocycles. The van der Waals surface area contributed by atoms with Crippen LogP contribution in [0.5, 0.6) is 0 Å². The van der Waals surface area contributed by atoms with E-state index in [2.05, 4.69) is 17.5 Å². The van der Waals surface area contributed by atoms with E-state index in [0.717, 1.165) is 29.4 Å². The van der Waals surface area contributed by atoms with Crippen LogP contribution in [-0.4, -0.2) is 32.8 Å². The lowest BCUT2D eigenvalue weighted by atomic mass is 10.0. The van der Waals surface area contributed by atoms with Crippen LogP contribution in [-0.2, 0) is 14.3 Å². The predicted molar refractivity (Wildman–Crippen MR) is 90.2 cm³/mol. The van der Waals surface area contributed by atoms with Crippen molar-refractivity contribution in [2.75, 3.05) is 26.9 Å². The van der Waals surface area contributed by atoms with Crippen molar-refractivity contribution in [2.45, 2.75) is 12.5 Å². The van der Waals surface area contributed by atoms with E-state index >= 15 is 0 Å². The first-order valence-electron chi connectivity index (χ1n) is 7.83. The van der Waals surface area contributed by atoms with Gasteiger partial charge in [0.1, 0.15) is 6.04 Å². The smallest absolute Gasteiger partial charge is 0.327 e. The van der Waals surface area contributed by atoms with E-state index in [-0.39, 0.29) is 5.97 Å². The van der Waals surface area contributed by atoms with Gasteiger partial charge >= 0.3 is 5.97 Å². The average molecular weight is 311 g/mol. The number of methoxy groups -OCH3 is 1. The molecule has 0 radical (unpaired) electrons. The maximum atomic E-state index is 12.2. The third kappa shape index (κ3) is 3.78. The molecule has 23 heavy (non-hydrogen) atoms. The highest BCUT2D eigenvalue weighted by Crippen LogP contribution is 2.22. The third-order valence-corrected chi connectivity index (χ3v) is 4.06. The number of hydrogen-bond donors (Lipinski definition) is 1. The van der Waals surface area contributed by atoms with Crippen LogP contribution in [0.1, 0.15) is 18.0 Å². The average Bonchev–Trinajstić information content (AvgIpc) is 2.62. The number of benzene rings is 2. The Bertz CT molecular complexity index is 723. The van der Waals surface area contributed by atoms with Crippen molar-refractivity contribution in [3.8, 4) is 0 Å². The monoisotopic (exact) mass is 311 g/mol. The van der Waals surface area contributed by atoms with Crippen LogP contribution >= 0.6 is 0 Å². The van der Waals surface area contributed by atoms with E-state index in [4.69, 9.17) is 9.47 Å². The number of carbonyl (C=O) groups excluding carboxylic acids is 1. The topological polar surface area (TPSA) is 47.6 Å². The summed E-state index contributed by atoms with van der Waals surface area (Å²) in [4.78, 5) is 12.2. The number of rotatable bonds is 5. The van der Waals surface area contributed by atoms with Gasteiger partial charge in [0.15, 0.2) is 0 Å². The Labute approximate surface area is 136 Å². The van der Waals surface area contributed by atoms with E-state index in [0.29, 0.717) is 13.2 Å². The Kier molecular flexibility index (Phi) is 5.05. The summed E-state index contributed by atoms with van der Waals surface area (Å²) in [5, 5.41) is 5.57. The summed E-state index contributed by atoms with van der Waals surface area (Å²) in [5.74, 6) is -0.280. The predicted octanol–water partition coefficient (Wildman–Crippen LogP) is 2.99. The van der Waals surface area contributed by atoms with Gasteiger partial charge in [-0.15, -0.1) is 0 Å². The maximum absolute atomic E-state index is 12.2. The molecule has 0 saturated heterocycles. The second kappa shape index (κ2) is 7.40. The molecule has 1 heterocycles. The molecule has 0 spiro atoms. The fraction of sp³-hybridized carbons (Fsp3) is 0.316. The molecule has 0 fully saturated rings. The lowest BCUT2D eigenvalue weighted by Crippen LogP contribution is -2.32. The quantitative estimate of drug-likeness (QED) is 0.681. The summed E-state index contributed by atoms with van der Waals surface area (Å²) < 4.78 is 10.4. The van der Waals surface area contributed by atoms with Gasteiger partial charge in [-0.1, -0.05) is 42.5 Å².